The van der Waals surface area contributed by atoms with Gasteiger partial charge in [0.05, 0.1) is 12.2 Å². The lowest BCUT2D eigenvalue weighted by Gasteiger charge is -2.34. The van der Waals surface area contributed by atoms with E-state index in [9.17, 15) is 0 Å². The molecule has 2 atom stereocenters. The highest BCUT2D eigenvalue weighted by atomic mass is 127. The van der Waals surface area contributed by atoms with E-state index in [4.69, 9.17) is 4.99 Å². The molecule has 1 aliphatic rings. The van der Waals surface area contributed by atoms with E-state index in [1.165, 1.54) is 50.2 Å². The minimum atomic E-state index is 0. The number of aryl methyl sites for hydroxylation is 2. The maximum Gasteiger partial charge on any atom is 0.191 e. The van der Waals surface area contributed by atoms with Crippen LogP contribution in [0, 0.1) is 25.7 Å². The Morgan fingerprint density at radius 2 is 1.82 bits per heavy atom. The van der Waals surface area contributed by atoms with E-state index in [2.05, 4.69) is 55.3 Å². The van der Waals surface area contributed by atoms with Crippen molar-refractivity contribution in [3.63, 3.8) is 0 Å². The van der Waals surface area contributed by atoms with Crippen molar-refractivity contribution in [3.05, 3.63) is 17.0 Å². The molecule has 28 heavy (non-hydrogen) atoms. The predicted molar refractivity (Wildman–Crippen MR) is 130 cm³/mol. The van der Waals surface area contributed by atoms with Crippen LogP contribution in [0.25, 0.3) is 0 Å². The Morgan fingerprint density at radius 3 is 2.39 bits per heavy atom. The van der Waals surface area contributed by atoms with Gasteiger partial charge in [-0.15, -0.1) is 24.0 Å². The third-order valence-electron chi connectivity index (χ3n) is 5.54. The van der Waals surface area contributed by atoms with Crippen molar-refractivity contribution < 1.29 is 0 Å². The summed E-state index contributed by atoms with van der Waals surface area (Å²) >= 11 is 0. The quantitative estimate of drug-likeness (QED) is 0.247. The molecule has 0 aromatic carbocycles. The smallest absolute Gasteiger partial charge is 0.191 e. The third kappa shape index (κ3) is 7.89. The zero-order valence-electron chi connectivity index (χ0n) is 18.7. The Bertz CT molecular complexity index is 602. The van der Waals surface area contributed by atoms with Crippen LogP contribution in [0.5, 0.6) is 0 Å². The van der Waals surface area contributed by atoms with Gasteiger partial charge >= 0.3 is 0 Å². The van der Waals surface area contributed by atoms with Crippen LogP contribution in [0.4, 0.5) is 0 Å². The van der Waals surface area contributed by atoms with Gasteiger partial charge in [0.1, 0.15) is 0 Å². The van der Waals surface area contributed by atoms with Crippen molar-refractivity contribution in [2.45, 2.75) is 60.4 Å². The van der Waals surface area contributed by atoms with Gasteiger partial charge in [0.15, 0.2) is 5.96 Å². The van der Waals surface area contributed by atoms with E-state index >= 15 is 0 Å². The fourth-order valence-electron chi connectivity index (χ4n) is 4.19. The first-order valence-electron chi connectivity index (χ1n) is 10.6. The normalized spacial score (nSPS) is 20.7. The number of likely N-dealkylation sites (tertiary alicyclic amines) is 1. The van der Waals surface area contributed by atoms with E-state index in [0.717, 1.165) is 36.6 Å². The van der Waals surface area contributed by atoms with E-state index in [-0.39, 0.29) is 24.0 Å². The van der Waals surface area contributed by atoms with Crippen LogP contribution in [-0.4, -0.2) is 53.4 Å². The molecule has 1 aromatic rings. The Balaban J connectivity index is 0.00000392. The molecule has 1 fully saturated rings. The third-order valence-corrected chi connectivity index (χ3v) is 5.54. The summed E-state index contributed by atoms with van der Waals surface area (Å²) in [6, 6.07) is 0. The van der Waals surface area contributed by atoms with Crippen LogP contribution >= 0.6 is 24.0 Å². The minimum absolute atomic E-state index is 0. The number of nitrogens with one attached hydrogen (secondary N) is 2. The molecule has 1 aromatic heterocycles. The Kier molecular flexibility index (Phi) is 11.4. The summed E-state index contributed by atoms with van der Waals surface area (Å²) in [6.07, 6.45) is 3.80. The molecule has 2 unspecified atom stereocenters. The highest BCUT2D eigenvalue weighted by Gasteiger charge is 2.20. The first-order chi connectivity index (χ1) is 12.9. The van der Waals surface area contributed by atoms with Crippen LogP contribution in [0.3, 0.4) is 0 Å². The fraction of sp³-hybridized carbons (Fsp3) is 0.810. The Morgan fingerprint density at radius 1 is 1.14 bits per heavy atom. The summed E-state index contributed by atoms with van der Waals surface area (Å²) in [7, 11) is 1.99. The number of aliphatic imine (C=N–C) groups is 1. The molecule has 2 rings (SSSR count). The lowest BCUT2D eigenvalue weighted by Crippen LogP contribution is -2.40. The van der Waals surface area contributed by atoms with Gasteiger partial charge in [0.25, 0.3) is 0 Å². The molecule has 0 bridgehead atoms. The standard InChI is InChI=1S/C21H40N6.HI/c1-7-22-21(24-13-20-18(4)25-26(6)19(20)5)23-10-8-9-11-27-14-16(2)12-17(3)15-27;/h16-17H,7-15H2,1-6H3,(H2,22,23,24);1H. The molecule has 0 spiro atoms. The van der Waals surface area contributed by atoms with E-state index in [1.807, 2.05) is 11.7 Å². The zero-order valence-corrected chi connectivity index (χ0v) is 21.0. The second kappa shape index (κ2) is 12.7. The molecule has 1 saturated heterocycles. The average Bonchev–Trinajstić information content (AvgIpc) is 2.83. The van der Waals surface area contributed by atoms with E-state index in [0.29, 0.717) is 6.54 Å². The van der Waals surface area contributed by atoms with Gasteiger partial charge in [-0.3, -0.25) is 4.68 Å². The van der Waals surface area contributed by atoms with Crippen LogP contribution < -0.4 is 10.6 Å². The van der Waals surface area contributed by atoms with Crippen molar-refractivity contribution in [1.29, 1.82) is 0 Å². The van der Waals surface area contributed by atoms with Gasteiger partial charge in [-0.1, -0.05) is 13.8 Å². The Labute approximate surface area is 189 Å². The summed E-state index contributed by atoms with van der Waals surface area (Å²) in [5, 5.41) is 11.3. The minimum Gasteiger partial charge on any atom is -0.357 e. The van der Waals surface area contributed by atoms with Crippen LogP contribution in [-0.2, 0) is 13.6 Å². The molecule has 2 N–H and O–H groups in total. The van der Waals surface area contributed by atoms with Crippen molar-refractivity contribution >= 4 is 29.9 Å². The fourth-order valence-corrected chi connectivity index (χ4v) is 4.19. The number of guanidine groups is 1. The summed E-state index contributed by atoms with van der Waals surface area (Å²) in [5.74, 6) is 2.60. The highest BCUT2D eigenvalue weighted by molar-refractivity contribution is 14.0. The topological polar surface area (TPSA) is 57.5 Å². The van der Waals surface area contributed by atoms with Crippen molar-refractivity contribution in [2.24, 2.45) is 23.9 Å². The molecule has 0 saturated carbocycles. The van der Waals surface area contributed by atoms with Gasteiger partial charge in [-0.25, -0.2) is 4.99 Å². The maximum absolute atomic E-state index is 4.76. The van der Waals surface area contributed by atoms with E-state index < -0.39 is 0 Å². The molecule has 6 nitrogen and oxygen atoms in total. The number of piperidine rings is 1. The number of unbranched alkanes of at least 4 members (excludes halogenated alkanes) is 1. The molecule has 0 radical (unpaired) electrons. The highest BCUT2D eigenvalue weighted by Crippen LogP contribution is 2.21. The van der Waals surface area contributed by atoms with Crippen molar-refractivity contribution in [3.8, 4) is 0 Å². The van der Waals surface area contributed by atoms with Gasteiger partial charge in [-0.2, -0.15) is 5.10 Å². The number of aromatic nitrogens is 2. The lowest BCUT2D eigenvalue weighted by molar-refractivity contribution is 0.139. The Hall–Kier alpha value is -0.830. The molecule has 162 valence electrons. The van der Waals surface area contributed by atoms with Crippen molar-refractivity contribution in [2.75, 3.05) is 32.7 Å². The summed E-state index contributed by atoms with van der Waals surface area (Å²) in [4.78, 5) is 7.40. The average molecular weight is 505 g/mol. The SMILES string of the molecule is CCNC(=NCc1c(C)nn(C)c1C)NCCCCN1CC(C)CC(C)C1.I. The zero-order chi connectivity index (χ0) is 19.8. The largest absolute Gasteiger partial charge is 0.357 e. The first-order valence-corrected chi connectivity index (χ1v) is 10.6. The molecule has 1 aliphatic heterocycles. The summed E-state index contributed by atoms with van der Waals surface area (Å²) in [5.41, 5.74) is 3.49. The number of nitrogens with zero attached hydrogens (tertiary/aromatic N) is 4. The van der Waals surface area contributed by atoms with Gasteiger partial charge < -0.3 is 15.5 Å². The van der Waals surface area contributed by atoms with Crippen LogP contribution in [0.2, 0.25) is 0 Å². The second-order valence-electron chi connectivity index (χ2n) is 8.31. The lowest BCUT2D eigenvalue weighted by atomic mass is 9.92. The number of hydrogen-bond donors (Lipinski definition) is 2. The molecule has 2 heterocycles. The van der Waals surface area contributed by atoms with Crippen LogP contribution in [0.1, 0.15) is 57.0 Å². The van der Waals surface area contributed by atoms with Crippen LogP contribution in [0.15, 0.2) is 4.99 Å². The molecule has 0 amide bonds. The van der Waals surface area contributed by atoms with Gasteiger partial charge in [0, 0.05) is 44.5 Å². The van der Waals surface area contributed by atoms with Gasteiger partial charge in [0.2, 0.25) is 0 Å². The molecule has 0 aliphatic carbocycles. The molecule has 7 heteroatoms. The molecular weight excluding hydrogens is 463 g/mol. The predicted octanol–water partition coefficient (Wildman–Crippen LogP) is 3.47. The van der Waals surface area contributed by atoms with Crippen molar-refractivity contribution in [1.82, 2.24) is 25.3 Å². The number of halogens is 1. The number of rotatable bonds is 8. The summed E-state index contributed by atoms with van der Waals surface area (Å²) in [6.45, 7) is 17.3. The summed E-state index contributed by atoms with van der Waals surface area (Å²) < 4.78 is 1.93. The number of hydrogen-bond acceptors (Lipinski definition) is 3. The van der Waals surface area contributed by atoms with E-state index in [1.54, 1.807) is 0 Å². The first kappa shape index (κ1) is 25.2. The maximum atomic E-state index is 4.76. The van der Waals surface area contributed by atoms with Gasteiger partial charge in [-0.05, 0) is 58.4 Å². The second-order valence-corrected chi connectivity index (χ2v) is 8.31. The molecular formula is C21H41IN6. The monoisotopic (exact) mass is 504 g/mol.